The number of fused-ring (bicyclic) bond motifs is 5. The van der Waals surface area contributed by atoms with Gasteiger partial charge in [0.15, 0.2) is 5.82 Å². The van der Waals surface area contributed by atoms with E-state index in [1.165, 1.54) is 29.8 Å². The zero-order valence-electron chi connectivity index (χ0n) is 25.4. The quantitative estimate of drug-likeness (QED) is 0.168. The van der Waals surface area contributed by atoms with Gasteiger partial charge in [-0.1, -0.05) is 35.8 Å². The molecule has 4 aromatic rings. The molecule has 3 fully saturated rings. The average Bonchev–Trinajstić information content (AvgIpc) is 3.71. The van der Waals surface area contributed by atoms with Crippen molar-refractivity contribution in [2.45, 2.75) is 43.8 Å². The van der Waals surface area contributed by atoms with Gasteiger partial charge in [0.05, 0.1) is 16.7 Å². The van der Waals surface area contributed by atoms with Gasteiger partial charge in [-0.15, -0.1) is 6.42 Å². The average molecular weight is 623 g/mol. The van der Waals surface area contributed by atoms with Crippen molar-refractivity contribution in [3.05, 3.63) is 77.1 Å². The Morgan fingerprint density at radius 1 is 1.13 bits per heavy atom. The number of terminal acetylenes is 1. The highest BCUT2D eigenvalue weighted by Crippen LogP contribution is 2.43. The second-order valence-electron chi connectivity index (χ2n) is 12.8. The molecule has 46 heavy (non-hydrogen) atoms. The first-order valence-corrected chi connectivity index (χ1v) is 15.7. The van der Waals surface area contributed by atoms with Crippen LogP contribution in [0.4, 0.5) is 24.7 Å². The number of nitrogens with two attached hydrogens (primary N) is 1. The molecule has 4 aliphatic rings. The van der Waals surface area contributed by atoms with E-state index < -0.39 is 23.0 Å². The molecule has 0 radical (unpaired) electrons. The number of halogens is 3. The summed E-state index contributed by atoms with van der Waals surface area (Å²) in [6, 6.07) is 7.19. The summed E-state index contributed by atoms with van der Waals surface area (Å²) < 4.78 is 54.4. The molecular formula is C36H33F3N6O. The van der Waals surface area contributed by atoms with Gasteiger partial charge in [0.2, 0.25) is 0 Å². The minimum atomic E-state index is -0.920. The Morgan fingerprint density at radius 3 is 2.70 bits per heavy atom. The fourth-order valence-electron chi connectivity index (χ4n) is 7.89. The molecule has 8 rings (SSSR count). The summed E-state index contributed by atoms with van der Waals surface area (Å²) >= 11 is 0. The first-order chi connectivity index (χ1) is 22.3. The normalized spacial score (nSPS) is 24.8. The van der Waals surface area contributed by atoms with Gasteiger partial charge in [-0.25, -0.2) is 13.2 Å². The largest absolute Gasteiger partial charge is 0.461 e. The first kappa shape index (κ1) is 28.9. The van der Waals surface area contributed by atoms with Gasteiger partial charge in [0.25, 0.3) is 0 Å². The number of hydrogen-bond donors (Lipinski definition) is 2. The third kappa shape index (κ3) is 4.52. The summed E-state index contributed by atoms with van der Waals surface area (Å²) in [5, 5.41) is 4.39. The first-order valence-electron chi connectivity index (χ1n) is 15.7. The highest BCUT2D eigenvalue weighted by Gasteiger charge is 2.47. The van der Waals surface area contributed by atoms with Crippen molar-refractivity contribution in [2.24, 2.45) is 0 Å². The Bertz CT molecular complexity index is 2020. The van der Waals surface area contributed by atoms with E-state index in [1.54, 1.807) is 6.07 Å². The van der Waals surface area contributed by atoms with Gasteiger partial charge < -0.3 is 20.7 Å². The van der Waals surface area contributed by atoms with E-state index >= 15 is 8.78 Å². The summed E-state index contributed by atoms with van der Waals surface area (Å²) in [7, 11) is 0. The van der Waals surface area contributed by atoms with Crippen LogP contribution in [0.25, 0.3) is 32.8 Å². The number of benzene rings is 3. The number of ether oxygens (including phenoxy) is 1. The Labute approximate surface area is 264 Å². The highest BCUT2D eigenvalue weighted by atomic mass is 19.1. The molecule has 4 aliphatic heterocycles. The summed E-state index contributed by atoms with van der Waals surface area (Å²) in [5.74, 6) is 0.311. The van der Waals surface area contributed by atoms with Gasteiger partial charge in [0.1, 0.15) is 29.6 Å². The van der Waals surface area contributed by atoms with E-state index in [-0.39, 0.29) is 56.7 Å². The second-order valence-corrected chi connectivity index (χ2v) is 12.8. The standard InChI is InChI=1S/C36H33F3N6O/c1-3-20-15-36(10-5-11-45(36)16-20)19-46-35-42-33-27(34(43-35)44-17-23-7-8-24(18-44)41-23)14-29(38)31(32(33)39)26-13-22(40)12-21-6-9-28(37)25(4-2)30(21)26/h2-3,6-9,12-14,23-24,41H,5,10-11,15-19,40H2,1H3/b20-3-/t23?,24?,36-/m1/s1. The summed E-state index contributed by atoms with van der Waals surface area (Å²) in [5.41, 5.74) is 7.11. The third-order valence-electron chi connectivity index (χ3n) is 10.1. The molecule has 7 nitrogen and oxygen atoms in total. The van der Waals surface area contributed by atoms with Crippen molar-refractivity contribution in [2.75, 3.05) is 43.4 Å². The molecule has 10 heteroatoms. The molecule has 0 saturated carbocycles. The number of allylic oxidation sites excluding steroid dienone is 1. The van der Waals surface area contributed by atoms with Crippen molar-refractivity contribution in [3.8, 4) is 29.5 Å². The lowest BCUT2D eigenvalue weighted by Crippen LogP contribution is -2.52. The van der Waals surface area contributed by atoms with Crippen LogP contribution in [-0.2, 0) is 0 Å². The van der Waals surface area contributed by atoms with Gasteiger partial charge >= 0.3 is 6.01 Å². The van der Waals surface area contributed by atoms with Crippen molar-refractivity contribution in [1.82, 2.24) is 20.2 Å². The molecular weight excluding hydrogens is 589 g/mol. The van der Waals surface area contributed by atoms with E-state index in [1.807, 2.05) is 4.90 Å². The Balaban J connectivity index is 1.30. The molecule has 2 unspecified atom stereocenters. The van der Waals surface area contributed by atoms with Crippen molar-refractivity contribution in [3.63, 3.8) is 0 Å². The highest BCUT2D eigenvalue weighted by molar-refractivity contribution is 6.05. The number of rotatable bonds is 5. The van der Waals surface area contributed by atoms with Crippen LogP contribution in [0.1, 0.15) is 31.7 Å². The van der Waals surface area contributed by atoms with E-state index in [2.05, 4.69) is 46.3 Å². The predicted octanol–water partition coefficient (Wildman–Crippen LogP) is 5.71. The number of piperazine rings is 1. The molecule has 5 heterocycles. The Kier molecular flexibility index (Phi) is 6.74. The van der Waals surface area contributed by atoms with E-state index in [9.17, 15) is 4.39 Å². The lowest BCUT2D eigenvalue weighted by Gasteiger charge is -2.35. The molecule has 3 saturated heterocycles. The summed E-state index contributed by atoms with van der Waals surface area (Å²) in [6.45, 7) is 5.44. The third-order valence-corrected chi connectivity index (χ3v) is 10.1. The summed E-state index contributed by atoms with van der Waals surface area (Å²) in [6.07, 6.45) is 15.0. The van der Waals surface area contributed by atoms with Crippen LogP contribution in [0.15, 0.2) is 54.1 Å². The maximum absolute atomic E-state index is 16.9. The zero-order valence-corrected chi connectivity index (χ0v) is 25.4. The number of nitrogens with zero attached hydrogens (tertiary/aromatic N) is 4. The van der Waals surface area contributed by atoms with Gasteiger partial charge in [-0.2, -0.15) is 9.97 Å². The molecule has 0 amide bonds. The fourth-order valence-corrected chi connectivity index (χ4v) is 7.89. The van der Waals surface area contributed by atoms with Crippen LogP contribution in [0.3, 0.4) is 0 Å². The number of anilines is 2. The second kappa shape index (κ2) is 10.7. The lowest BCUT2D eigenvalue weighted by atomic mass is 9.92. The maximum Gasteiger partial charge on any atom is 0.319 e. The van der Waals surface area contributed by atoms with Gasteiger partial charge in [-0.3, -0.25) is 4.90 Å². The molecule has 2 bridgehead atoms. The van der Waals surface area contributed by atoms with Crippen LogP contribution in [0.2, 0.25) is 0 Å². The molecule has 234 valence electrons. The van der Waals surface area contributed by atoms with Gasteiger partial charge in [-0.05, 0) is 67.9 Å². The van der Waals surface area contributed by atoms with Gasteiger partial charge in [0, 0.05) is 48.2 Å². The molecule has 1 aromatic heterocycles. The predicted molar refractivity (Wildman–Crippen MR) is 174 cm³/mol. The minimum Gasteiger partial charge on any atom is -0.461 e. The molecule has 3 aromatic carbocycles. The van der Waals surface area contributed by atoms with Crippen molar-refractivity contribution >= 4 is 33.2 Å². The lowest BCUT2D eigenvalue weighted by molar-refractivity contribution is 0.108. The maximum atomic E-state index is 16.9. The molecule has 0 aliphatic carbocycles. The SMILES string of the molecule is C#Cc1c(F)ccc2cc(N)cc(-c3c(F)cc4c(N5CC6C=CC(C5)N6)nc(OC[C@]56CCCN5C/C(=C\C)C6)nc4c3F)c12. The van der Waals surface area contributed by atoms with Crippen molar-refractivity contribution < 1.29 is 17.9 Å². The minimum absolute atomic E-state index is 0.0285. The van der Waals surface area contributed by atoms with E-state index in [4.69, 9.17) is 21.9 Å². The smallest absolute Gasteiger partial charge is 0.319 e. The van der Waals surface area contributed by atoms with E-state index in [0.29, 0.717) is 30.9 Å². The summed E-state index contributed by atoms with van der Waals surface area (Å²) in [4.78, 5) is 13.8. The number of aromatic nitrogens is 2. The fraction of sp³-hybridized carbons (Fsp3) is 0.333. The van der Waals surface area contributed by atoms with Crippen LogP contribution < -0.4 is 20.7 Å². The molecule has 0 spiro atoms. The van der Waals surface area contributed by atoms with Crippen LogP contribution in [0, 0.1) is 29.8 Å². The monoisotopic (exact) mass is 622 g/mol. The topological polar surface area (TPSA) is 79.5 Å². The Hall–Kier alpha value is -4.59. The molecule has 3 N–H and O–H groups in total. The van der Waals surface area contributed by atoms with Crippen LogP contribution >= 0.6 is 0 Å². The zero-order chi connectivity index (χ0) is 31.7. The van der Waals surface area contributed by atoms with Crippen LogP contribution in [0.5, 0.6) is 6.01 Å². The Morgan fingerprint density at radius 2 is 1.93 bits per heavy atom. The number of nitrogens with one attached hydrogen (secondary N) is 1. The van der Waals surface area contributed by atoms with Crippen molar-refractivity contribution in [1.29, 1.82) is 0 Å². The van der Waals surface area contributed by atoms with Crippen LogP contribution in [-0.4, -0.2) is 65.3 Å². The number of hydrogen-bond acceptors (Lipinski definition) is 7. The van der Waals surface area contributed by atoms with E-state index in [0.717, 1.165) is 32.4 Å². The number of nitrogen functional groups attached to an aromatic ring is 1. The molecule has 3 atom stereocenters.